The minimum Gasteiger partial charge on any atom is -0.491 e. The molecule has 0 aliphatic carbocycles. The predicted octanol–water partition coefficient (Wildman–Crippen LogP) is 6.24. The summed E-state index contributed by atoms with van der Waals surface area (Å²) in [6.45, 7) is 12.7. The molecule has 0 spiro atoms. The van der Waals surface area contributed by atoms with Crippen LogP contribution in [0.5, 0.6) is 11.5 Å². The number of rotatable bonds is 8. The van der Waals surface area contributed by atoms with Gasteiger partial charge in [0.1, 0.15) is 24.7 Å². The second kappa shape index (κ2) is 11.8. The number of ether oxygens (including phenoxy) is 2. The van der Waals surface area contributed by atoms with Crippen molar-refractivity contribution in [1.29, 1.82) is 0 Å². The fraction of sp³-hybridized carbons (Fsp3) is 0.613. The maximum Gasteiger partial charge on any atom is 0.125 e. The van der Waals surface area contributed by atoms with Crippen molar-refractivity contribution in [1.82, 2.24) is 9.80 Å². The van der Waals surface area contributed by atoms with Crippen molar-refractivity contribution in [3.8, 4) is 11.5 Å². The fourth-order valence-electron chi connectivity index (χ4n) is 6.04. The van der Waals surface area contributed by atoms with Gasteiger partial charge in [0, 0.05) is 12.1 Å². The number of hydrogen-bond acceptors (Lipinski definition) is 4. The van der Waals surface area contributed by atoms with Gasteiger partial charge < -0.3 is 19.3 Å². The van der Waals surface area contributed by atoms with Gasteiger partial charge in [-0.25, -0.2) is 0 Å². The van der Waals surface area contributed by atoms with Crippen molar-refractivity contribution in [3.63, 3.8) is 0 Å². The smallest absolute Gasteiger partial charge is 0.125 e. The van der Waals surface area contributed by atoms with Crippen molar-refractivity contribution < 1.29 is 9.47 Å². The molecule has 2 saturated heterocycles. The lowest BCUT2D eigenvalue weighted by atomic mass is 9.97. The van der Waals surface area contributed by atoms with Crippen LogP contribution in [-0.2, 0) is 6.42 Å². The van der Waals surface area contributed by atoms with Gasteiger partial charge in [-0.3, -0.25) is 0 Å². The van der Waals surface area contributed by atoms with Crippen LogP contribution in [0.4, 0.5) is 0 Å². The molecule has 2 aliphatic rings. The average Bonchev–Trinajstić information content (AvgIpc) is 2.80. The van der Waals surface area contributed by atoms with Crippen LogP contribution in [0, 0.1) is 27.7 Å². The van der Waals surface area contributed by atoms with E-state index in [9.17, 15) is 0 Å². The first-order valence-corrected chi connectivity index (χ1v) is 13.7. The van der Waals surface area contributed by atoms with Crippen molar-refractivity contribution in [2.75, 3.05) is 40.4 Å². The Bertz CT molecular complexity index is 876. The van der Waals surface area contributed by atoms with E-state index in [2.05, 4.69) is 75.9 Å². The van der Waals surface area contributed by atoms with Crippen LogP contribution in [0.1, 0.15) is 71.9 Å². The Morgan fingerprint density at radius 3 is 1.34 bits per heavy atom. The number of nitrogens with zero attached hydrogens (tertiary/aromatic N) is 2. The Kier molecular flexibility index (Phi) is 8.77. The Morgan fingerprint density at radius 2 is 1.00 bits per heavy atom. The summed E-state index contributed by atoms with van der Waals surface area (Å²) in [5.74, 6) is 2.13. The van der Waals surface area contributed by atoms with Crippen LogP contribution in [0.2, 0.25) is 0 Å². The number of benzene rings is 2. The minimum atomic E-state index is 0.535. The normalized spacial score (nSPS) is 21.8. The lowest BCUT2D eigenvalue weighted by Crippen LogP contribution is -2.40. The Balaban J connectivity index is 1.40. The molecular formula is C31H46N2O2. The van der Waals surface area contributed by atoms with Crippen LogP contribution >= 0.6 is 0 Å². The molecule has 2 aliphatic heterocycles. The van der Waals surface area contributed by atoms with Gasteiger partial charge in [0.2, 0.25) is 0 Å². The number of likely N-dealkylation sites (N-methyl/N-ethyl adjacent to an activating group) is 2. The fourth-order valence-corrected chi connectivity index (χ4v) is 6.04. The maximum atomic E-state index is 6.36. The van der Waals surface area contributed by atoms with Crippen molar-refractivity contribution in [2.45, 2.75) is 84.7 Å². The largest absolute Gasteiger partial charge is 0.491 e. The molecule has 0 N–H and O–H groups in total. The van der Waals surface area contributed by atoms with Crippen LogP contribution < -0.4 is 9.47 Å². The molecule has 0 amide bonds. The number of piperidine rings is 2. The molecule has 0 saturated carbocycles. The topological polar surface area (TPSA) is 24.9 Å². The zero-order valence-corrected chi connectivity index (χ0v) is 23.0. The van der Waals surface area contributed by atoms with Gasteiger partial charge in [0.05, 0.1) is 0 Å². The zero-order chi connectivity index (χ0) is 24.9. The van der Waals surface area contributed by atoms with Gasteiger partial charge in [-0.15, -0.1) is 0 Å². The molecular weight excluding hydrogens is 432 g/mol. The van der Waals surface area contributed by atoms with Gasteiger partial charge in [-0.05, 0) is 120 Å². The predicted molar refractivity (Wildman–Crippen MR) is 146 cm³/mol. The number of aryl methyl sites for hydroxylation is 4. The first kappa shape index (κ1) is 26.0. The Hall–Kier alpha value is -2.04. The van der Waals surface area contributed by atoms with E-state index in [-0.39, 0.29) is 0 Å². The highest BCUT2D eigenvalue weighted by atomic mass is 16.5. The average molecular weight is 479 g/mol. The quantitative estimate of drug-likeness (QED) is 0.448. The summed E-state index contributed by atoms with van der Waals surface area (Å²) >= 11 is 0. The van der Waals surface area contributed by atoms with E-state index in [1.165, 1.54) is 85.0 Å². The standard InChI is InChI=1S/C31H46N2O2/c1-22-15-26(16-23(2)30(22)34-20-28-11-7-9-13-32(28)5)19-27-17-24(3)31(25(4)18-27)35-21-29-12-8-10-14-33(29)6/h15-18,28-29H,7-14,19-21H2,1-6H3. The SMILES string of the molecule is Cc1cc(Cc2cc(C)c(OCC3CCCCN3C)c(C)c2)cc(C)c1OCC1CCCCN1C. The second-order valence-corrected chi connectivity index (χ2v) is 11.2. The highest BCUT2D eigenvalue weighted by molar-refractivity contribution is 5.47. The van der Waals surface area contributed by atoms with Crippen LogP contribution in [-0.4, -0.2) is 62.3 Å². The van der Waals surface area contributed by atoms with Crippen molar-refractivity contribution in [3.05, 3.63) is 57.6 Å². The van der Waals surface area contributed by atoms with E-state index in [1.807, 2.05) is 0 Å². The van der Waals surface area contributed by atoms with Gasteiger partial charge in [-0.1, -0.05) is 37.1 Å². The molecule has 2 fully saturated rings. The van der Waals surface area contributed by atoms with Gasteiger partial charge >= 0.3 is 0 Å². The summed E-state index contributed by atoms with van der Waals surface area (Å²) < 4.78 is 12.7. The van der Waals surface area contributed by atoms with Crippen LogP contribution in [0.3, 0.4) is 0 Å². The summed E-state index contributed by atoms with van der Waals surface area (Å²) in [6.07, 6.45) is 8.66. The van der Waals surface area contributed by atoms with E-state index in [0.717, 1.165) is 31.1 Å². The van der Waals surface area contributed by atoms with Crippen LogP contribution in [0.25, 0.3) is 0 Å². The zero-order valence-electron chi connectivity index (χ0n) is 23.0. The van der Waals surface area contributed by atoms with Crippen molar-refractivity contribution in [2.24, 2.45) is 0 Å². The molecule has 4 rings (SSSR count). The molecule has 2 heterocycles. The Morgan fingerprint density at radius 1 is 0.629 bits per heavy atom. The third kappa shape index (κ3) is 6.59. The molecule has 2 unspecified atom stereocenters. The molecule has 2 atom stereocenters. The summed E-state index contributed by atoms with van der Waals surface area (Å²) in [4.78, 5) is 4.90. The van der Waals surface area contributed by atoms with E-state index in [4.69, 9.17) is 9.47 Å². The molecule has 0 bridgehead atoms. The lowest BCUT2D eigenvalue weighted by molar-refractivity contribution is 0.124. The van der Waals surface area contributed by atoms with E-state index < -0.39 is 0 Å². The summed E-state index contributed by atoms with van der Waals surface area (Å²) in [7, 11) is 4.45. The summed E-state index contributed by atoms with van der Waals surface area (Å²) in [5, 5.41) is 0. The van der Waals surface area contributed by atoms with Gasteiger partial charge in [-0.2, -0.15) is 0 Å². The number of hydrogen-bond donors (Lipinski definition) is 0. The second-order valence-electron chi connectivity index (χ2n) is 11.2. The third-order valence-electron chi connectivity index (χ3n) is 8.13. The monoisotopic (exact) mass is 478 g/mol. The molecule has 2 aromatic rings. The first-order valence-electron chi connectivity index (χ1n) is 13.7. The Labute approximate surface area is 213 Å². The molecule has 2 aromatic carbocycles. The molecule has 35 heavy (non-hydrogen) atoms. The first-order chi connectivity index (χ1) is 16.8. The molecule has 0 radical (unpaired) electrons. The highest BCUT2D eigenvalue weighted by Gasteiger charge is 2.21. The minimum absolute atomic E-state index is 0.535. The molecule has 4 nitrogen and oxygen atoms in total. The van der Waals surface area contributed by atoms with E-state index >= 15 is 0 Å². The van der Waals surface area contributed by atoms with Crippen molar-refractivity contribution >= 4 is 0 Å². The molecule has 4 heteroatoms. The molecule has 192 valence electrons. The summed E-state index contributed by atoms with van der Waals surface area (Å²) in [5.41, 5.74) is 7.65. The highest BCUT2D eigenvalue weighted by Crippen LogP contribution is 2.30. The van der Waals surface area contributed by atoms with Gasteiger partial charge in [0.15, 0.2) is 0 Å². The van der Waals surface area contributed by atoms with E-state index in [0.29, 0.717) is 12.1 Å². The summed E-state index contributed by atoms with van der Waals surface area (Å²) in [6, 6.07) is 10.3. The van der Waals surface area contributed by atoms with E-state index in [1.54, 1.807) is 0 Å². The lowest BCUT2D eigenvalue weighted by Gasteiger charge is -2.32. The maximum absolute atomic E-state index is 6.36. The van der Waals surface area contributed by atoms with Crippen LogP contribution in [0.15, 0.2) is 24.3 Å². The number of likely N-dealkylation sites (tertiary alicyclic amines) is 2. The third-order valence-corrected chi connectivity index (χ3v) is 8.13. The molecule has 0 aromatic heterocycles. The van der Waals surface area contributed by atoms with Gasteiger partial charge in [0.25, 0.3) is 0 Å².